The third kappa shape index (κ3) is 4.27. The molecule has 0 atom stereocenters. The highest BCUT2D eigenvalue weighted by Gasteiger charge is 2.19. The van der Waals surface area contributed by atoms with Gasteiger partial charge in [0.15, 0.2) is 5.82 Å². The van der Waals surface area contributed by atoms with E-state index in [0.29, 0.717) is 27.8 Å². The first-order valence-corrected chi connectivity index (χ1v) is 10.1. The van der Waals surface area contributed by atoms with E-state index in [1.165, 1.54) is 16.8 Å². The summed E-state index contributed by atoms with van der Waals surface area (Å²) in [5.41, 5.74) is 2.85. The number of anilines is 1. The van der Waals surface area contributed by atoms with Gasteiger partial charge in [-0.1, -0.05) is 27.5 Å². The van der Waals surface area contributed by atoms with Gasteiger partial charge in [-0.2, -0.15) is 0 Å². The molecular formula is C22H15BrClFN4O. The number of nitrogens with zero attached hydrogens (tertiary/aromatic N) is 3. The van der Waals surface area contributed by atoms with E-state index in [1.54, 1.807) is 42.5 Å². The lowest BCUT2D eigenvalue weighted by molar-refractivity contribution is 0.101. The molecule has 0 aliphatic rings. The van der Waals surface area contributed by atoms with Gasteiger partial charge in [0.1, 0.15) is 5.82 Å². The second-order valence-electron chi connectivity index (χ2n) is 6.57. The summed E-state index contributed by atoms with van der Waals surface area (Å²) in [5, 5.41) is 7.81. The molecule has 1 N–H and O–H groups in total. The number of hydrogen-bond acceptors (Lipinski definition) is 3. The number of halogens is 3. The number of amides is 1. The smallest absolute Gasteiger partial charge is 0.295 e. The van der Waals surface area contributed by atoms with Crippen molar-refractivity contribution in [3.05, 3.63) is 93.4 Å². The number of rotatable bonds is 4. The van der Waals surface area contributed by atoms with Crippen LogP contribution in [-0.2, 0) is 0 Å². The van der Waals surface area contributed by atoms with Crippen molar-refractivity contribution >= 4 is 39.1 Å². The summed E-state index contributed by atoms with van der Waals surface area (Å²) in [6.07, 6.45) is 0. The molecule has 0 saturated carbocycles. The zero-order valence-corrected chi connectivity index (χ0v) is 18.1. The molecule has 0 aliphatic heterocycles. The van der Waals surface area contributed by atoms with Gasteiger partial charge < -0.3 is 5.32 Å². The minimum absolute atomic E-state index is 0.00778. The van der Waals surface area contributed by atoms with Gasteiger partial charge in [-0.25, -0.2) is 14.1 Å². The minimum Gasteiger partial charge on any atom is -0.319 e. The van der Waals surface area contributed by atoms with Crippen LogP contribution >= 0.6 is 27.5 Å². The zero-order valence-electron chi connectivity index (χ0n) is 15.7. The molecule has 8 heteroatoms. The molecule has 30 heavy (non-hydrogen) atoms. The molecule has 1 heterocycles. The van der Waals surface area contributed by atoms with Crippen molar-refractivity contribution in [2.45, 2.75) is 6.92 Å². The first kappa shape index (κ1) is 20.3. The SMILES string of the molecule is Cc1cc(Br)ccc1NC(=O)c1nc(-c2ccc(F)cc2)n(-c2ccc(Cl)cc2)n1. The van der Waals surface area contributed by atoms with E-state index >= 15 is 0 Å². The molecule has 0 unspecified atom stereocenters. The fraction of sp³-hybridized carbons (Fsp3) is 0.0455. The van der Waals surface area contributed by atoms with Crippen molar-refractivity contribution in [3.63, 3.8) is 0 Å². The summed E-state index contributed by atoms with van der Waals surface area (Å²) in [5.74, 6) is -0.405. The van der Waals surface area contributed by atoms with Gasteiger partial charge in [0.25, 0.3) is 5.91 Å². The molecule has 0 aliphatic carbocycles. The van der Waals surface area contributed by atoms with Crippen LogP contribution in [-0.4, -0.2) is 20.7 Å². The molecule has 0 radical (unpaired) electrons. The number of hydrogen-bond donors (Lipinski definition) is 1. The largest absolute Gasteiger partial charge is 0.319 e. The Bertz CT molecular complexity index is 1160. The number of carbonyl (C=O) groups excluding carboxylic acids is 1. The molecule has 1 aromatic heterocycles. The van der Waals surface area contributed by atoms with Crippen LogP contribution in [0.15, 0.2) is 71.2 Å². The second-order valence-corrected chi connectivity index (χ2v) is 7.92. The molecule has 1 amide bonds. The molecular weight excluding hydrogens is 471 g/mol. The van der Waals surface area contributed by atoms with E-state index in [1.807, 2.05) is 19.1 Å². The van der Waals surface area contributed by atoms with Crippen molar-refractivity contribution in [3.8, 4) is 17.1 Å². The van der Waals surface area contributed by atoms with Gasteiger partial charge in [0.05, 0.1) is 5.69 Å². The predicted molar refractivity (Wildman–Crippen MR) is 119 cm³/mol. The maximum Gasteiger partial charge on any atom is 0.295 e. The third-order valence-corrected chi connectivity index (χ3v) is 5.17. The van der Waals surface area contributed by atoms with Crippen LogP contribution in [0, 0.1) is 12.7 Å². The molecule has 4 rings (SSSR count). The van der Waals surface area contributed by atoms with Gasteiger partial charge in [0, 0.05) is 20.7 Å². The fourth-order valence-corrected chi connectivity index (χ4v) is 3.50. The number of benzene rings is 3. The van der Waals surface area contributed by atoms with Crippen molar-refractivity contribution < 1.29 is 9.18 Å². The molecule has 0 bridgehead atoms. The lowest BCUT2D eigenvalue weighted by Gasteiger charge is -2.07. The number of aromatic nitrogens is 3. The van der Waals surface area contributed by atoms with Gasteiger partial charge in [-0.3, -0.25) is 4.79 Å². The minimum atomic E-state index is -0.448. The highest BCUT2D eigenvalue weighted by atomic mass is 79.9. The Morgan fingerprint density at radius 3 is 2.43 bits per heavy atom. The lowest BCUT2D eigenvalue weighted by atomic mass is 10.2. The van der Waals surface area contributed by atoms with E-state index in [2.05, 4.69) is 31.3 Å². The second kappa shape index (κ2) is 8.38. The Labute approximate surface area is 185 Å². The molecule has 0 spiro atoms. The highest BCUT2D eigenvalue weighted by Crippen LogP contribution is 2.24. The van der Waals surface area contributed by atoms with E-state index < -0.39 is 5.91 Å². The summed E-state index contributed by atoms with van der Waals surface area (Å²) < 4.78 is 15.8. The Hall–Kier alpha value is -3.03. The molecule has 150 valence electrons. The van der Waals surface area contributed by atoms with Crippen LogP contribution in [0.3, 0.4) is 0 Å². The monoisotopic (exact) mass is 484 g/mol. The van der Waals surface area contributed by atoms with Gasteiger partial charge in [-0.05, 0) is 79.2 Å². The van der Waals surface area contributed by atoms with Crippen LogP contribution < -0.4 is 5.32 Å². The van der Waals surface area contributed by atoms with Crippen LogP contribution in [0.4, 0.5) is 10.1 Å². The van der Waals surface area contributed by atoms with Crippen LogP contribution in [0.5, 0.6) is 0 Å². The quantitative estimate of drug-likeness (QED) is 0.383. The fourth-order valence-electron chi connectivity index (χ4n) is 2.90. The average Bonchev–Trinajstić information content (AvgIpc) is 3.17. The van der Waals surface area contributed by atoms with E-state index in [0.717, 1.165) is 10.0 Å². The first-order chi connectivity index (χ1) is 14.4. The van der Waals surface area contributed by atoms with E-state index in [4.69, 9.17) is 11.6 Å². The summed E-state index contributed by atoms with van der Waals surface area (Å²) in [6.45, 7) is 1.89. The van der Waals surface area contributed by atoms with Crippen molar-refractivity contribution in [1.82, 2.24) is 14.8 Å². The Kier molecular flexibility index (Phi) is 5.65. The lowest BCUT2D eigenvalue weighted by Crippen LogP contribution is -2.15. The highest BCUT2D eigenvalue weighted by molar-refractivity contribution is 9.10. The van der Waals surface area contributed by atoms with E-state index in [-0.39, 0.29) is 11.6 Å². The number of nitrogens with one attached hydrogen (secondary N) is 1. The number of carbonyl (C=O) groups is 1. The normalized spacial score (nSPS) is 10.8. The zero-order chi connectivity index (χ0) is 21.3. The van der Waals surface area contributed by atoms with Gasteiger partial charge >= 0.3 is 0 Å². The third-order valence-electron chi connectivity index (χ3n) is 4.42. The summed E-state index contributed by atoms with van der Waals surface area (Å²) in [6, 6.07) is 18.4. The maximum absolute atomic E-state index is 13.4. The van der Waals surface area contributed by atoms with Crippen molar-refractivity contribution in [2.24, 2.45) is 0 Å². The molecule has 4 aromatic rings. The topological polar surface area (TPSA) is 59.8 Å². The predicted octanol–water partition coefficient (Wildman–Crippen LogP) is 6.05. The Morgan fingerprint density at radius 2 is 1.77 bits per heavy atom. The van der Waals surface area contributed by atoms with Crippen molar-refractivity contribution in [1.29, 1.82) is 0 Å². The summed E-state index contributed by atoms with van der Waals surface area (Å²) >= 11 is 9.40. The molecule has 3 aromatic carbocycles. The van der Waals surface area contributed by atoms with Gasteiger partial charge in [0.2, 0.25) is 5.82 Å². The summed E-state index contributed by atoms with van der Waals surface area (Å²) in [4.78, 5) is 17.3. The van der Waals surface area contributed by atoms with Gasteiger partial charge in [-0.15, -0.1) is 5.10 Å². The summed E-state index contributed by atoms with van der Waals surface area (Å²) in [7, 11) is 0. The Morgan fingerprint density at radius 1 is 1.07 bits per heavy atom. The average molecular weight is 486 g/mol. The number of aryl methyl sites for hydroxylation is 1. The van der Waals surface area contributed by atoms with Crippen LogP contribution in [0.2, 0.25) is 5.02 Å². The first-order valence-electron chi connectivity index (χ1n) is 8.97. The Balaban J connectivity index is 1.75. The van der Waals surface area contributed by atoms with Crippen LogP contribution in [0.1, 0.15) is 16.2 Å². The van der Waals surface area contributed by atoms with Crippen LogP contribution in [0.25, 0.3) is 17.1 Å². The molecule has 5 nitrogen and oxygen atoms in total. The molecule has 0 saturated heterocycles. The van der Waals surface area contributed by atoms with E-state index in [9.17, 15) is 9.18 Å². The standard InChI is InChI=1S/C22H15BrClFN4O/c1-13-12-15(23)4-11-19(13)26-22(30)20-27-21(14-2-7-17(25)8-3-14)29(28-20)18-9-5-16(24)6-10-18/h2-12H,1H3,(H,26,30). The maximum atomic E-state index is 13.4. The van der Waals surface area contributed by atoms with Crippen molar-refractivity contribution in [2.75, 3.05) is 5.32 Å². The molecule has 0 fully saturated rings.